The molecule has 6 heteroatoms. The fraction of sp³-hybridized carbons (Fsp3) is 0.235. The lowest BCUT2D eigenvalue weighted by Crippen LogP contribution is -2.13. The van der Waals surface area contributed by atoms with Crippen LogP contribution in [0.1, 0.15) is 17.3 Å². The van der Waals surface area contributed by atoms with Gasteiger partial charge in [0.05, 0.1) is 30.1 Å². The van der Waals surface area contributed by atoms with Gasteiger partial charge in [0.2, 0.25) is 0 Å². The highest BCUT2D eigenvalue weighted by Crippen LogP contribution is 2.34. The van der Waals surface area contributed by atoms with Gasteiger partial charge >= 0.3 is 0 Å². The molecular weight excluding hydrogens is 409 g/mol. The number of carbonyl (C=O) groups is 1. The molecule has 0 saturated heterocycles. The molecule has 0 spiro atoms. The van der Waals surface area contributed by atoms with Gasteiger partial charge in [-0.3, -0.25) is 4.79 Å². The molecule has 5 nitrogen and oxygen atoms in total. The zero-order chi connectivity index (χ0) is 16.8. The Labute approximate surface area is 149 Å². The molecule has 2 aromatic rings. The molecule has 2 aromatic carbocycles. The third-order valence-corrected chi connectivity index (χ3v) is 3.93. The first-order valence-corrected chi connectivity index (χ1v) is 8.13. The summed E-state index contributed by atoms with van der Waals surface area (Å²) in [4.78, 5) is 12.5. The summed E-state index contributed by atoms with van der Waals surface area (Å²) in [5.74, 6) is 1.54. The van der Waals surface area contributed by atoms with E-state index in [-0.39, 0.29) is 5.91 Å². The Morgan fingerprint density at radius 1 is 1.13 bits per heavy atom. The summed E-state index contributed by atoms with van der Waals surface area (Å²) in [7, 11) is 3.14. The van der Waals surface area contributed by atoms with Crippen LogP contribution in [0.5, 0.6) is 17.2 Å². The van der Waals surface area contributed by atoms with Gasteiger partial charge < -0.3 is 19.5 Å². The highest BCUT2D eigenvalue weighted by Gasteiger charge is 2.16. The summed E-state index contributed by atoms with van der Waals surface area (Å²) in [6, 6.07) is 10.7. The number of halogens is 1. The number of hydrogen-bond acceptors (Lipinski definition) is 4. The zero-order valence-electron chi connectivity index (χ0n) is 13.2. The lowest BCUT2D eigenvalue weighted by atomic mass is 10.1. The Kier molecular flexibility index (Phi) is 6.09. The van der Waals surface area contributed by atoms with Gasteiger partial charge in [0.15, 0.2) is 11.5 Å². The molecule has 0 heterocycles. The smallest absolute Gasteiger partial charge is 0.255 e. The molecule has 122 valence electrons. The van der Waals surface area contributed by atoms with Crippen LogP contribution < -0.4 is 19.5 Å². The van der Waals surface area contributed by atoms with Crippen molar-refractivity contribution >= 4 is 34.2 Å². The van der Waals surface area contributed by atoms with Crippen LogP contribution in [0, 0.1) is 3.57 Å². The number of nitrogens with one attached hydrogen (secondary N) is 1. The highest BCUT2D eigenvalue weighted by molar-refractivity contribution is 14.1. The average Bonchev–Trinajstić information content (AvgIpc) is 2.55. The van der Waals surface area contributed by atoms with Crippen LogP contribution in [0.2, 0.25) is 0 Å². The van der Waals surface area contributed by atoms with Crippen LogP contribution >= 0.6 is 22.6 Å². The molecular formula is C17H18INO4. The number of ether oxygens (including phenoxy) is 3. The van der Waals surface area contributed by atoms with Crippen molar-refractivity contribution in [2.24, 2.45) is 0 Å². The summed E-state index contributed by atoms with van der Waals surface area (Å²) in [6.07, 6.45) is 0. The SMILES string of the molecule is CCOc1cc(C(=O)Nc2ccccc2OC)cc(I)c1OC. The van der Waals surface area contributed by atoms with E-state index in [0.717, 1.165) is 3.57 Å². The molecule has 23 heavy (non-hydrogen) atoms. The number of amides is 1. The summed E-state index contributed by atoms with van der Waals surface area (Å²) in [5.41, 5.74) is 1.10. The molecule has 0 aliphatic heterocycles. The first-order chi connectivity index (χ1) is 11.1. The monoisotopic (exact) mass is 427 g/mol. The highest BCUT2D eigenvalue weighted by atomic mass is 127. The van der Waals surface area contributed by atoms with Crippen LogP contribution in [0.25, 0.3) is 0 Å². The lowest BCUT2D eigenvalue weighted by molar-refractivity contribution is 0.102. The predicted molar refractivity (Wildman–Crippen MR) is 97.8 cm³/mol. The summed E-state index contributed by atoms with van der Waals surface area (Å²) in [6.45, 7) is 2.37. The van der Waals surface area contributed by atoms with Crippen molar-refractivity contribution in [1.29, 1.82) is 0 Å². The summed E-state index contributed by atoms with van der Waals surface area (Å²) >= 11 is 2.12. The van der Waals surface area contributed by atoms with Crippen LogP contribution in [0.4, 0.5) is 5.69 Å². The molecule has 0 radical (unpaired) electrons. The molecule has 1 N–H and O–H groups in total. The molecule has 0 bridgehead atoms. The van der Waals surface area contributed by atoms with Crippen LogP contribution in [-0.4, -0.2) is 26.7 Å². The van der Waals surface area contributed by atoms with Crippen molar-refractivity contribution in [1.82, 2.24) is 0 Å². The number of rotatable bonds is 6. The normalized spacial score (nSPS) is 10.1. The maximum absolute atomic E-state index is 12.5. The quantitative estimate of drug-likeness (QED) is 0.710. The topological polar surface area (TPSA) is 56.8 Å². The maximum atomic E-state index is 12.5. The van der Waals surface area contributed by atoms with E-state index in [1.165, 1.54) is 0 Å². The van der Waals surface area contributed by atoms with E-state index >= 15 is 0 Å². The number of methoxy groups -OCH3 is 2. The third-order valence-electron chi connectivity index (χ3n) is 3.13. The van der Waals surface area contributed by atoms with Crippen LogP contribution in [-0.2, 0) is 0 Å². The van der Waals surface area contributed by atoms with Crippen LogP contribution in [0.15, 0.2) is 36.4 Å². The average molecular weight is 427 g/mol. The Morgan fingerprint density at radius 3 is 2.52 bits per heavy atom. The molecule has 0 fully saturated rings. The van der Waals surface area contributed by atoms with Gasteiger partial charge in [-0.05, 0) is 53.8 Å². The fourth-order valence-electron chi connectivity index (χ4n) is 2.10. The molecule has 1 amide bonds. The van der Waals surface area contributed by atoms with Gasteiger partial charge in [-0.1, -0.05) is 12.1 Å². The lowest BCUT2D eigenvalue weighted by Gasteiger charge is -2.14. The Balaban J connectivity index is 2.32. The molecule has 2 rings (SSSR count). The van der Waals surface area contributed by atoms with Gasteiger partial charge in [0.25, 0.3) is 5.91 Å². The molecule has 0 saturated carbocycles. The molecule has 0 atom stereocenters. The first-order valence-electron chi connectivity index (χ1n) is 7.05. The van der Waals surface area contributed by atoms with Gasteiger partial charge in [0, 0.05) is 5.56 Å². The number of benzene rings is 2. The van der Waals surface area contributed by atoms with Gasteiger partial charge in [-0.25, -0.2) is 0 Å². The minimum Gasteiger partial charge on any atom is -0.495 e. The van der Waals surface area contributed by atoms with E-state index in [9.17, 15) is 4.79 Å². The first kappa shape index (κ1) is 17.4. The second kappa shape index (κ2) is 8.05. The standard InChI is InChI=1S/C17H18INO4/c1-4-23-15-10-11(9-12(18)16(15)22-3)17(20)19-13-7-5-6-8-14(13)21-2/h5-10H,4H2,1-3H3,(H,19,20). The number of para-hydroxylation sites is 2. The number of carbonyl (C=O) groups excluding carboxylic acids is 1. The van der Waals surface area contributed by atoms with E-state index < -0.39 is 0 Å². The predicted octanol–water partition coefficient (Wildman–Crippen LogP) is 3.96. The zero-order valence-corrected chi connectivity index (χ0v) is 15.3. The molecule has 0 unspecified atom stereocenters. The second-order valence-corrected chi connectivity index (χ2v) is 5.74. The van der Waals surface area contributed by atoms with E-state index in [1.54, 1.807) is 38.5 Å². The Bertz CT molecular complexity index is 703. The van der Waals surface area contributed by atoms with Crippen molar-refractivity contribution in [2.75, 3.05) is 26.1 Å². The third kappa shape index (κ3) is 4.07. The van der Waals surface area contributed by atoms with Crippen molar-refractivity contribution in [3.63, 3.8) is 0 Å². The van der Waals surface area contributed by atoms with Gasteiger partial charge in [-0.15, -0.1) is 0 Å². The van der Waals surface area contributed by atoms with Crippen LogP contribution in [0.3, 0.4) is 0 Å². The minimum absolute atomic E-state index is 0.240. The maximum Gasteiger partial charge on any atom is 0.255 e. The molecule has 0 aliphatic carbocycles. The van der Waals surface area contributed by atoms with E-state index in [4.69, 9.17) is 14.2 Å². The van der Waals surface area contributed by atoms with Crippen molar-refractivity contribution < 1.29 is 19.0 Å². The molecule has 0 aliphatic rings. The Morgan fingerprint density at radius 2 is 1.87 bits per heavy atom. The van der Waals surface area contributed by atoms with Crippen molar-refractivity contribution in [3.8, 4) is 17.2 Å². The van der Waals surface area contributed by atoms with E-state index in [2.05, 4.69) is 27.9 Å². The second-order valence-electron chi connectivity index (χ2n) is 4.58. The minimum atomic E-state index is -0.240. The largest absolute Gasteiger partial charge is 0.495 e. The van der Waals surface area contributed by atoms with Gasteiger partial charge in [-0.2, -0.15) is 0 Å². The fourth-order valence-corrected chi connectivity index (χ4v) is 2.92. The van der Waals surface area contributed by atoms with E-state index in [1.807, 2.05) is 19.1 Å². The summed E-state index contributed by atoms with van der Waals surface area (Å²) in [5, 5.41) is 2.85. The number of hydrogen-bond donors (Lipinski definition) is 1. The Hall–Kier alpha value is -1.96. The summed E-state index contributed by atoms with van der Waals surface area (Å²) < 4.78 is 16.9. The van der Waals surface area contributed by atoms with E-state index in [0.29, 0.717) is 35.1 Å². The van der Waals surface area contributed by atoms with Crippen molar-refractivity contribution in [3.05, 3.63) is 45.5 Å². The number of anilines is 1. The van der Waals surface area contributed by atoms with Gasteiger partial charge in [0.1, 0.15) is 5.75 Å². The van der Waals surface area contributed by atoms with Crippen molar-refractivity contribution in [2.45, 2.75) is 6.92 Å². The molecule has 0 aromatic heterocycles.